The van der Waals surface area contributed by atoms with Crippen molar-refractivity contribution in [2.45, 2.75) is 70.1 Å². The molecule has 0 saturated heterocycles. The fraction of sp³-hybridized carbons (Fsp3) is 0.472. The number of amides is 1. The second kappa shape index (κ2) is 11.2. The molecule has 0 atom stereocenters. The summed E-state index contributed by atoms with van der Waals surface area (Å²) in [7, 11) is 0. The van der Waals surface area contributed by atoms with Gasteiger partial charge in [-0.1, -0.05) is 48.5 Å². The number of carbonyl (C=O) groups excluding carboxylic acids is 1. The third kappa shape index (κ3) is 5.79. The summed E-state index contributed by atoms with van der Waals surface area (Å²) in [5, 5.41) is 0. The van der Waals surface area contributed by atoms with Crippen molar-refractivity contribution in [1.29, 1.82) is 0 Å². The lowest BCUT2D eigenvalue weighted by Crippen LogP contribution is -2.62. The lowest BCUT2D eigenvalue weighted by Gasteiger charge is -2.60. The van der Waals surface area contributed by atoms with Gasteiger partial charge in [0.25, 0.3) is 0 Å². The van der Waals surface area contributed by atoms with Crippen molar-refractivity contribution in [2.24, 2.45) is 17.8 Å². The normalized spacial score (nSPS) is 26.8. The zero-order valence-electron chi connectivity index (χ0n) is 23.9. The number of halogens is 1. The van der Waals surface area contributed by atoms with Crippen molar-refractivity contribution in [3.63, 3.8) is 0 Å². The Balaban J connectivity index is 1.04. The molecule has 3 aromatic carbocycles. The number of hydrogen-bond acceptors (Lipinski definition) is 3. The molecular formula is C36H41FN2O2. The number of fused-ring (bicyclic) bond motifs is 1. The highest BCUT2D eigenvalue weighted by Crippen LogP contribution is 2.58. The molecular weight excluding hydrogens is 511 g/mol. The van der Waals surface area contributed by atoms with Crippen LogP contribution < -0.4 is 4.74 Å². The van der Waals surface area contributed by atoms with Crippen LogP contribution in [0.4, 0.5) is 4.39 Å². The van der Waals surface area contributed by atoms with Crippen LogP contribution in [0, 0.1) is 23.6 Å². The average molecular weight is 553 g/mol. The molecule has 5 heteroatoms. The first-order valence-electron chi connectivity index (χ1n) is 15.6. The van der Waals surface area contributed by atoms with Crippen LogP contribution in [-0.2, 0) is 30.8 Å². The van der Waals surface area contributed by atoms with Crippen LogP contribution >= 0.6 is 0 Å². The Bertz CT molecular complexity index is 1340. The molecule has 214 valence electrons. The molecule has 4 nitrogen and oxygen atoms in total. The van der Waals surface area contributed by atoms with E-state index in [1.54, 1.807) is 0 Å². The number of hydrogen-bond donors (Lipinski definition) is 0. The molecule has 1 amide bonds. The molecule has 41 heavy (non-hydrogen) atoms. The first kappa shape index (κ1) is 26.7. The van der Waals surface area contributed by atoms with E-state index in [0.717, 1.165) is 79.8 Å². The van der Waals surface area contributed by atoms with E-state index in [4.69, 9.17) is 4.74 Å². The Morgan fingerprint density at radius 3 is 2.17 bits per heavy atom. The highest BCUT2D eigenvalue weighted by atomic mass is 19.1. The van der Waals surface area contributed by atoms with Crippen LogP contribution in [0.5, 0.6) is 5.75 Å². The van der Waals surface area contributed by atoms with E-state index in [-0.39, 0.29) is 17.3 Å². The fourth-order valence-corrected chi connectivity index (χ4v) is 8.70. The van der Waals surface area contributed by atoms with E-state index in [1.807, 2.05) is 30.3 Å². The maximum absolute atomic E-state index is 14.2. The number of benzene rings is 3. The minimum absolute atomic E-state index is 0.0278. The smallest absolute Gasteiger partial charge is 0.237 e. The molecule has 0 N–H and O–H groups in total. The van der Waals surface area contributed by atoms with Crippen molar-refractivity contribution >= 4 is 5.91 Å². The standard InChI is InChI=1S/C36H41FN2O2/c37-33-9-6-26(7-10-33)23-39(36-20-28-16-29(21-36)18-30(17-28)22-36)35(40)24-38-14-12-31-8-11-34(19-32(31)13-15-38)41-25-27-4-2-1-3-5-27/h1-11,19,28-30H,12-18,20-25H2. The monoisotopic (exact) mass is 552 g/mol. The topological polar surface area (TPSA) is 32.8 Å². The molecule has 4 bridgehead atoms. The predicted molar refractivity (Wildman–Crippen MR) is 159 cm³/mol. The first-order chi connectivity index (χ1) is 20.0. The van der Waals surface area contributed by atoms with E-state index < -0.39 is 0 Å². The van der Waals surface area contributed by atoms with Crippen LogP contribution in [0.25, 0.3) is 0 Å². The summed E-state index contributed by atoms with van der Waals surface area (Å²) < 4.78 is 19.8. The Morgan fingerprint density at radius 2 is 1.49 bits per heavy atom. The van der Waals surface area contributed by atoms with Crippen LogP contribution in [0.15, 0.2) is 72.8 Å². The Labute approximate surface area is 243 Å². The highest BCUT2D eigenvalue weighted by molar-refractivity contribution is 5.79. The van der Waals surface area contributed by atoms with Crippen LogP contribution in [0.3, 0.4) is 0 Å². The molecule has 3 aromatic rings. The van der Waals surface area contributed by atoms with E-state index in [2.05, 4.69) is 40.1 Å². The van der Waals surface area contributed by atoms with E-state index in [9.17, 15) is 9.18 Å². The number of rotatable bonds is 8. The zero-order valence-corrected chi connectivity index (χ0v) is 23.9. The van der Waals surface area contributed by atoms with Crippen molar-refractivity contribution in [1.82, 2.24) is 9.80 Å². The van der Waals surface area contributed by atoms with E-state index in [0.29, 0.717) is 19.7 Å². The van der Waals surface area contributed by atoms with Gasteiger partial charge < -0.3 is 9.64 Å². The first-order valence-corrected chi connectivity index (χ1v) is 15.6. The summed E-state index contributed by atoms with van der Waals surface area (Å²) in [6.07, 6.45) is 9.32. The van der Waals surface area contributed by atoms with Crippen LogP contribution in [-0.4, -0.2) is 40.9 Å². The van der Waals surface area contributed by atoms with Gasteiger partial charge in [0.05, 0.1) is 6.54 Å². The summed E-state index contributed by atoms with van der Waals surface area (Å²) in [4.78, 5) is 18.8. The summed E-state index contributed by atoms with van der Waals surface area (Å²) in [5.74, 6) is 3.21. The van der Waals surface area contributed by atoms with Crippen molar-refractivity contribution < 1.29 is 13.9 Å². The number of ether oxygens (including phenoxy) is 1. The summed E-state index contributed by atoms with van der Waals surface area (Å²) in [6.45, 7) is 3.35. The zero-order chi connectivity index (χ0) is 27.8. The molecule has 1 aliphatic heterocycles. The second-order valence-corrected chi connectivity index (χ2v) is 13.2. The Morgan fingerprint density at radius 1 is 0.829 bits per heavy atom. The lowest BCUT2D eigenvalue weighted by atomic mass is 9.52. The summed E-state index contributed by atoms with van der Waals surface area (Å²) in [5.41, 5.74) is 4.85. The molecule has 4 aliphatic carbocycles. The largest absolute Gasteiger partial charge is 0.489 e. The fourth-order valence-electron chi connectivity index (χ4n) is 8.70. The van der Waals surface area contributed by atoms with E-state index in [1.165, 1.54) is 42.5 Å². The van der Waals surface area contributed by atoms with Gasteiger partial charge in [0.2, 0.25) is 5.91 Å². The molecule has 8 rings (SSSR count). The van der Waals surface area contributed by atoms with Gasteiger partial charge in [-0.3, -0.25) is 9.69 Å². The van der Waals surface area contributed by atoms with Gasteiger partial charge in [0.1, 0.15) is 18.2 Å². The summed E-state index contributed by atoms with van der Waals surface area (Å²) >= 11 is 0. The van der Waals surface area contributed by atoms with Gasteiger partial charge in [-0.25, -0.2) is 4.39 Å². The van der Waals surface area contributed by atoms with Crippen molar-refractivity contribution in [2.75, 3.05) is 19.6 Å². The maximum Gasteiger partial charge on any atom is 0.237 e. The van der Waals surface area contributed by atoms with Gasteiger partial charge in [-0.15, -0.1) is 0 Å². The molecule has 0 spiro atoms. The van der Waals surface area contributed by atoms with Gasteiger partial charge in [0.15, 0.2) is 0 Å². The van der Waals surface area contributed by atoms with E-state index >= 15 is 0 Å². The maximum atomic E-state index is 14.2. The van der Waals surface area contributed by atoms with Gasteiger partial charge >= 0.3 is 0 Å². The molecule has 4 fully saturated rings. The molecule has 0 aromatic heterocycles. The Hall–Kier alpha value is -3.18. The van der Waals surface area contributed by atoms with Crippen molar-refractivity contribution in [3.8, 4) is 5.75 Å². The predicted octanol–water partition coefficient (Wildman–Crippen LogP) is 6.80. The van der Waals surface area contributed by atoms with Crippen LogP contribution in [0.2, 0.25) is 0 Å². The number of nitrogens with zero attached hydrogens (tertiary/aromatic N) is 2. The molecule has 0 unspecified atom stereocenters. The lowest BCUT2D eigenvalue weighted by molar-refractivity contribution is -0.153. The third-order valence-electron chi connectivity index (χ3n) is 10.3. The molecule has 0 radical (unpaired) electrons. The van der Waals surface area contributed by atoms with Crippen molar-refractivity contribution in [3.05, 3.63) is 101 Å². The van der Waals surface area contributed by atoms with Gasteiger partial charge in [-0.2, -0.15) is 0 Å². The molecule has 5 aliphatic rings. The molecule has 1 heterocycles. The highest BCUT2D eigenvalue weighted by Gasteiger charge is 2.54. The third-order valence-corrected chi connectivity index (χ3v) is 10.3. The van der Waals surface area contributed by atoms with Gasteiger partial charge in [0, 0.05) is 25.2 Å². The van der Waals surface area contributed by atoms with Gasteiger partial charge in [-0.05, 0) is 116 Å². The SMILES string of the molecule is O=C(CN1CCc2ccc(OCc3ccccc3)cc2CC1)N(Cc1ccc(F)cc1)C12CC3CC(CC(C3)C1)C2. The number of carbonyl (C=O) groups is 1. The minimum Gasteiger partial charge on any atom is -0.489 e. The van der Waals surface area contributed by atoms with Crippen LogP contribution in [0.1, 0.15) is 60.8 Å². The Kier molecular flexibility index (Phi) is 7.32. The average Bonchev–Trinajstić information content (AvgIpc) is 3.17. The minimum atomic E-state index is -0.223. The second-order valence-electron chi connectivity index (χ2n) is 13.2. The quantitative estimate of drug-likeness (QED) is 0.308. The summed E-state index contributed by atoms with van der Waals surface area (Å²) in [6, 6.07) is 23.5. The molecule has 4 saturated carbocycles.